The molecule has 0 atom stereocenters. The first-order valence-electron chi connectivity index (χ1n) is 25.1. The smallest absolute Gasteiger partial charge is 0.252 e. The summed E-state index contributed by atoms with van der Waals surface area (Å²) in [5, 5.41) is 2.58. The molecule has 68 heavy (non-hydrogen) atoms. The van der Waals surface area contributed by atoms with Gasteiger partial charge in [-0.05, 0) is 157 Å². The Kier molecular flexibility index (Phi) is 10.3. The fourth-order valence-electron chi connectivity index (χ4n) is 11.1. The van der Waals surface area contributed by atoms with Crippen LogP contribution in [0, 0.1) is 13.8 Å². The van der Waals surface area contributed by atoms with E-state index in [0.717, 1.165) is 0 Å². The molecule has 0 spiro atoms. The van der Waals surface area contributed by atoms with E-state index >= 15 is 0 Å². The number of rotatable bonds is 3. The van der Waals surface area contributed by atoms with Crippen molar-refractivity contribution >= 4 is 79.0 Å². The summed E-state index contributed by atoms with van der Waals surface area (Å²) in [7, 11) is 0. The summed E-state index contributed by atoms with van der Waals surface area (Å²) in [5.41, 5.74) is 24.3. The monoisotopic (exact) mass is 894 g/mol. The highest BCUT2D eigenvalue weighted by atomic mass is 15.2. The Balaban J connectivity index is 1.39. The average molecular weight is 894 g/mol. The van der Waals surface area contributed by atoms with Crippen LogP contribution in [-0.2, 0) is 27.1 Å². The van der Waals surface area contributed by atoms with Gasteiger partial charge in [-0.2, -0.15) is 0 Å². The van der Waals surface area contributed by atoms with Crippen molar-refractivity contribution < 1.29 is 0 Å². The summed E-state index contributed by atoms with van der Waals surface area (Å²) in [6.07, 6.45) is 0. The van der Waals surface area contributed by atoms with E-state index < -0.39 is 0 Å². The van der Waals surface area contributed by atoms with Crippen molar-refractivity contribution in [3.05, 3.63) is 166 Å². The summed E-state index contributed by atoms with van der Waals surface area (Å²) in [6, 6.07) is 50.2. The molecule has 8 aromatic rings. The van der Waals surface area contributed by atoms with Crippen LogP contribution >= 0.6 is 0 Å². The maximum atomic E-state index is 2.66. The molecule has 0 saturated heterocycles. The van der Waals surface area contributed by atoms with E-state index in [1.54, 1.807) is 0 Å². The molecule has 3 nitrogen and oxygen atoms in total. The molecule has 0 fully saturated rings. The minimum Gasteiger partial charge on any atom is -0.311 e. The Morgan fingerprint density at radius 3 is 1.41 bits per heavy atom. The third kappa shape index (κ3) is 7.40. The van der Waals surface area contributed by atoms with Crippen LogP contribution in [-0.4, -0.2) is 11.3 Å². The average Bonchev–Trinajstić information content (AvgIpc) is 3.57. The molecule has 2 aliphatic rings. The van der Waals surface area contributed by atoms with Crippen LogP contribution in [0.2, 0.25) is 0 Å². The number of hydrogen-bond acceptors (Lipinski definition) is 2. The predicted octanol–water partition coefficient (Wildman–Crippen LogP) is 16.0. The van der Waals surface area contributed by atoms with Gasteiger partial charge < -0.3 is 14.4 Å². The highest BCUT2D eigenvalue weighted by Crippen LogP contribution is 2.50. The molecule has 7 aromatic carbocycles. The van der Waals surface area contributed by atoms with Gasteiger partial charge in [0.2, 0.25) is 0 Å². The first-order chi connectivity index (χ1) is 31.7. The number of aryl methyl sites for hydroxylation is 2. The van der Waals surface area contributed by atoms with E-state index in [1.165, 1.54) is 117 Å². The zero-order valence-corrected chi connectivity index (χ0v) is 44.0. The lowest BCUT2D eigenvalue weighted by Crippen LogP contribution is -2.61. The molecule has 0 N–H and O–H groups in total. The number of nitrogens with zero attached hydrogens (tertiary/aromatic N) is 3. The van der Waals surface area contributed by atoms with Gasteiger partial charge in [0.25, 0.3) is 6.71 Å². The summed E-state index contributed by atoms with van der Waals surface area (Å²) >= 11 is 0. The van der Waals surface area contributed by atoms with E-state index in [0.29, 0.717) is 0 Å². The molecule has 0 saturated carbocycles. The van der Waals surface area contributed by atoms with Crippen molar-refractivity contribution in [1.29, 1.82) is 0 Å². The fourth-order valence-corrected chi connectivity index (χ4v) is 11.1. The molecule has 3 heterocycles. The third-order valence-electron chi connectivity index (χ3n) is 15.1. The summed E-state index contributed by atoms with van der Waals surface area (Å²) in [6.45, 7) is 39.7. The van der Waals surface area contributed by atoms with Crippen LogP contribution in [0.4, 0.5) is 34.1 Å². The number of anilines is 6. The molecular weight excluding hydrogens is 822 g/mol. The van der Waals surface area contributed by atoms with Crippen molar-refractivity contribution in [3.8, 4) is 5.69 Å². The van der Waals surface area contributed by atoms with Crippen LogP contribution in [0.3, 0.4) is 0 Å². The molecule has 2 aliphatic heterocycles. The first-order valence-corrected chi connectivity index (χ1v) is 25.1. The predicted molar refractivity (Wildman–Crippen MR) is 298 cm³/mol. The van der Waals surface area contributed by atoms with Gasteiger partial charge in [0.1, 0.15) is 0 Å². The molecule has 346 valence electrons. The normalized spacial score (nSPS) is 14.2. The SMILES string of the molecule is Cc1cc(C(C)(C)C)cc(C)c1N1c2ccc(C(C)(C)C)cc2B2c3cc4c5cc(C(C)(C)C)ccc5n(-c5ccccc5)c4cc3N(c3ccc(C(C)(C)C)cc3)c3cc(C(C)(C)C)cc1c32. The van der Waals surface area contributed by atoms with E-state index in [2.05, 4.69) is 259 Å². The third-order valence-corrected chi connectivity index (χ3v) is 15.1. The Labute approximate surface area is 408 Å². The number of hydrogen-bond donors (Lipinski definition) is 0. The van der Waals surface area contributed by atoms with Crippen LogP contribution in [0.15, 0.2) is 127 Å². The van der Waals surface area contributed by atoms with Crippen molar-refractivity contribution in [2.75, 3.05) is 9.80 Å². The highest BCUT2D eigenvalue weighted by Gasteiger charge is 2.45. The van der Waals surface area contributed by atoms with Gasteiger partial charge in [-0.15, -0.1) is 0 Å². The van der Waals surface area contributed by atoms with Gasteiger partial charge >= 0.3 is 0 Å². The fraction of sp³-hybridized carbons (Fsp3) is 0.344. The van der Waals surface area contributed by atoms with Crippen LogP contribution in [0.1, 0.15) is 143 Å². The standard InChI is InChI=1S/C64H72BN3/c1-39-31-44(63(12,13)14)32-40(2)59(39)68-53-30-26-43(62(9,10)11)34-50(53)65-51-37-49-48-33-42(61(6,7)8)25-29-52(48)66(46-21-19-18-20-22-46)54(49)38-55(51)67(47-27-23-41(24-28-47)60(3,4)5)56-35-45(64(15,16)17)36-57(68)58(56)65/h18-38H,1-17H3. The van der Waals surface area contributed by atoms with Gasteiger partial charge in [0.15, 0.2) is 0 Å². The molecule has 1 aromatic heterocycles. The second-order valence-electron chi connectivity index (χ2n) is 25.4. The minimum atomic E-state index is -0.125. The van der Waals surface area contributed by atoms with Gasteiger partial charge in [-0.25, -0.2) is 0 Å². The van der Waals surface area contributed by atoms with Crippen LogP contribution in [0.5, 0.6) is 0 Å². The quantitative estimate of drug-likeness (QED) is 0.164. The topological polar surface area (TPSA) is 11.4 Å². The highest BCUT2D eigenvalue weighted by molar-refractivity contribution is 7.00. The maximum absolute atomic E-state index is 2.66. The Bertz CT molecular complexity index is 3290. The maximum Gasteiger partial charge on any atom is 0.252 e. The summed E-state index contributed by atoms with van der Waals surface area (Å²) in [4.78, 5) is 5.28. The van der Waals surface area contributed by atoms with Crippen LogP contribution < -0.4 is 26.2 Å². The van der Waals surface area contributed by atoms with Gasteiger partial charge in [0, 0.05) is 44.9 Å². The lowest BCUT2D eigenvalue weighted by molar-refractivity contribution is 0.589. The number of benzene rings is 7. The number of para-hydroxylation sites is 1. The zero-order chi connectivity index (χ0) is 48.8. The lowest BCUT2D eigenvalue weighted by Gasteiger charge is -2.46. The van der Waals surface area contributed by atoms with Gasteiger partial charge in [0.05, 0.1) is 16.7 Å². The van der Waals surface area contributed by atoms with Gasteiger partial charge in [-0.3, -0.25) is 0 Å². The van der Waals surface area contributed by atoms with Crippen molar-refractivity contribution in [1.82, 2.24) is 4.57 Å². The minimum absolute atomic E-state index is 0.00530. The first kappa shape index (κ1) is 45.8. The van der Waals surface area contributed by atoms with Crippen molar-refractivity contribution in [2.24, 2.45) is 0 Å². The number of aromatic nitrogens is 1. The van der Waals surface area contributed by atoms with Gasteiger partial charge in [-0.1, -0.05) is 171 Å². The Morgan fingerprint density at radius 1 is 0.353 bits per heavy atom. The molecule has 0 radical (unpaired) electrons. The summed E-state index contributed by atoms with van der Waals surface area (Å²) in [5.74, 6) is 0. The van der Waals surface area contributed by atoms with Crippen molar-refractivity contribution in [3.63, 3.8) is 0 Å². The molecule has 0 amide bonds. The van der Waals surface area contributed by atoms with Crippen molar-refractivity contribution in [2.45, 2.75) is 145 Å². The van der Waals surface area contributed by atoms with E-state index in [-0.39, 0.29) is 33.8 Å². The van der Waals surface area contributed by atoms with E-state index in [4.69, 9.17) is 0 Å². The second-order valence-corrected chi connectivity index (χ2v) is 25.4. The number of fused-ring (bicyclic) bond motifs is 7. The van der Waals surface area contributed by atoms with Crippen LogP contribution in [0.25, 0.3) is 27.5 Å². The Morgan fingerprint density at radius 2 is 0.838 bits per heavy atom. The molecule has 0 unspecified atom stereocenters. The molecule has 10 rings (SSSR count). The summed E-state index contributed by atoms with van der Waals surface area (Å²) < 4.78 is 2.51. The lowest BCUT2D eigenvalue weighted by atomic mass is 9.33. The van der Waals surface area contributed by atoms with E-state index in [9.17, 15) is 0 Å². The Hall–Kier alpha value is -6.00. The molecule has 0 bridgehead atoms. The molecule has 0 aliphatic carbocycles. The molecular formula is C64H72BN3. The molecule has 4 heteroatoms. The van der Waals surface area contributed by atoms with E-state index in [1.807, 2.05) is 0 Å². The largest absolute Gasteiger partial charge is 0.311 e. The zero-order valence-electron chi connectivity index (χ0n) is 44.0. The second kappa shape index (κ2) is 15.3.